The van der Waals surface area contributed by atoms with Gasteiger partial charge in [0.05, 0.1) is 11.5 Å². The molecule has 0 radical (unpaired) electrons. The van der Waals surface area contributed by atoms with Gasteiger partial charge in [0, 0.05) is 25.7 Å². The van der Waals surface area contributed by atoms with Crippen molar-refractivity contribution in [3.05, 3.63) is 47.8 Å². The molecule has 0 bridgehead atoms. The van der Waals surface area contributed by atoms with Crippen molar-refractivity contribution in [2.75, 3.05) is 37.7 Å². The fourth-order valence-electron chi connectivity index (χ4n) is 3.05. The first-order chi connectivity index (χ1) is 12.8. The predicted molar refractivity (Wildman–Crippen MR) is 111 cm³/mol. The summed E-state index contributed by atoms with van der Waals surface area (Å²) >= 11 is 1.82. The first kappa shape index (κ1) is 18.6. The number of piperidine rings is 1. The Kier molecular flexibility index (Phi) is 7.19. The number of thiophene rings is 1. The van der Waals surface area contributed by atoms with E-state index in [-0.39, 0.29) is 0 Å². The molecule has 2 N–H and O–H groups in total. The molecule has 2 heterocycles. The van der Waals surface area contributed by atoms with Gasteiger partial charge in [-0.2, -0.15) is 0 Å². The summed E-state index contributed by atoms with van der Waals surface area (Å²) in [6.45, 7) is 6.36. The summed E-state index contributed by atoms with van der Waals surface area (Å²) in [6.07, 6.45) is 2.26. The van der Waals surface area contributed by atoms with Gasteiger partial charge in [-0.05, 0) is 49.4 Å². The Hall–Kier alpha value is -2.21. The number of guanidine groups is 1. The maximum atomic E-state index is 5.71. The monoisotopic (exact) mass is 372 g/mol. The molecule has 1 fully saturated rings. The highest BCUT2D eigenvalue weighted by Crippen LogP contribution is 2.24. The molecule has 3 rings (SSSR count). The third kappa shape index (κ3) is 5.66. The lowest BCUT2D eigenvalue weighted by atomic mass is 10.1. The smallest absolute Gasteiger partial charge is 0.191 e. The van der Waals surface area contributed by atoms with Gasteiger partial charge in [-0.25, -0.2) is 4.99 Å². The van der Waals surface area contributed by atoms with E-state index in [4.69, 9.17) is 4.74 Å². The minimum atomic E-state index is 0.471. The van der Waals surface area contributed by atoms with Crippen LogP contribution in [-0.4, -0.2) is 44.8 Å². The van der Waals surface area contributed by atoms with Gasteiger partial charge in [-0.15, -0.1) is 11.3 Å². The van der Waals surface area contributed by atoms with Gasteiger partial charge >= 0.3 is 0 Å². The number of rotatable bonds is 7. The van der Waals surface area contributed by atoms with Crippen molar-refractivity contribution in [1.82, 2.24) is 10.6 Å². The molecule has 140 valence electrons. The Labute approximate surface area is 160 Å². The summed E-state index contributed by atoms with van der Waals surface area (Å²) in [6, 6.07) is 14.7. The molecule has 0 amide bonds. The minimum Gasteiger partial charge on any atom is -0.492 e. The Morgan fingerprint density at radius 3 is 2.69 bits per heavy atom. The van der Waals surface area contributed by atoms with Crippen LogP contribution in [0.5, 0.6) is 5.75 Å². The first-order valence-corrected chi connectivity index (χ1v) is 10.2. The van der Waals surface area contributed by atoms with Crippen LogP contribution in [0.25, 0.3) is 0 Å². The van der Waals surface area contributed by atoms with Gasteiger partial charge < -0.3 is 20.3 Å². The average Bonchev–Trinajstić information content (AvgIpc) is 3.21. The summed E-state index contributed by atoms with van der Waals surface area (Å²) in [5, 5.41) is 10.4. The topological polar surface area (TPSA) is 48.9 Å². The van der Waals surface area contributed by atoms with Gasteiger partial charge in [0.15, 0.2) is 5.96 Å². The number of hydrogen-bond donors (Lipinski definition) is 2. The third-order valence-electron chi connectivity index (χ3n) is 4.37. The van der Waals surface area contributed by atoms with Gasteiger partial charge in [0.1, 0.15) is 12.4 Å². The molecule has 0 saturated carbocycles. The van der Waals surface area contributed by atoms with E-state index in [0.717, 1.165) is 44.2 Å². The van der Waals surface area contributed by atoms with Crippen LogP contribution >= 0.6 is 11.3 Å². The molecular formula is C20H28N4OS. The second kappa shape index (κ2) is 10.1. The zero-order chi connectivity index (χ0) is 18.0. The highest BCUT2D eigenvalue weighted by atomic mass is 32.1. The van der Waals surface area contributed by atoms with Crippen molar-refractivity contribution in [3.63, 3.8) is 0 Å². The number of para-hydroxylation sites is 1. The van der Waals surface area contributed by atoms with Crippen LogP contribution < -0.4 is 20.3 Å². The van der Waals surface area contributed by atoms with E-state index in [1.807, 2.05) is 41.7 Å². The maximum Gasteiger partial charge on any atom is 0.191 e. The Morgan fingerprint density at radius 1 is 1.19 bits per heavy atom. The lowest BCUT2D eigenvalue weighted by Crippen LogP contribution is -2.48. The molecule has 0 unspecified atom stereocenters. The second-order valence-electron chi connectivity index (χ2n) is 6.28. The highest BCUT2D eigenvalue weighted by Gasteiger charge is 2.20. The Morgan fingerprint density at radius 2 is 2.00 bits per heavy atom. The zero-order valence-corrected chi connectivity index (χ0v) is 16.2. The van der Waals surface area contributed by atoms with E-state index < -0.39 is 0 Å². The molecule has 0 atom stereocenters. The van der Waals surface area contributed by atoms with E-state index in [1.165, 1.54) is 5.00 Å². The van der Waals surface area contributed by atoms with Crippen LogP contribution in [0.4, 0.5) is 5.00 Å². The van der Waals surface area contributed by atoms with Gasteiger partial charge in [0.25, 0.3) is 0 Å². The van der Waals surface area contributed by atoms with Crippen LogP contribution in [0.1, 0.15) is 19.8 Å². The summed E-state index contributed by atoms with van der Waals surface area (Å²) in [5.41, 5.74) is 0. The fourth-order valence-corrected chi connectivity index (χ4v) is 3.83. The van der Waals surface area contributed by atoms with Gasteiger partial charge in [-0.3, -0.25) is 0 Å². The summed E-state index contributed by atoms with van der Waals surface area (Å²) in [5.74, 6) is 1.78. The molecule has 0 aliphatic carbocycles. The van der Waals surface area contributed by atoms with E-state index >= 15 is 0 Å². The van der Waals surface area contributed by atoms with Crippen molar-refractivity contribution in [2.45, 2.75) is 25.8 Å². The lowest BCUT2D eigenvalue weighted by Gasteiger charge is -2.33. The highest BCUT2D eigenvalue weighted by molar-refractivity contribution is 7.14. The number of anilines is 1. The quantitative estimate of drug-likeness (QED) is 0.445. The number of hydrogen-bond acceptors (Lipinski definition) is 4. The van der Waals surface area contributed by atoms with Crippen molar-refractivity contribution in [1.29, 1.82) is 0 Å². The van der Waals surface area contributed by atoms with Gasteiger partial charge in [-0.1, -0.05) is 18.2 Å². The van der Waals surface area contributed by atoms with Crippen molar-refractivity contribution >= 4 is 22.3 Å². The molecule has 1 aliphatic rings. The molecule has 26 heavy (non-hydrogen) atoms. The van der Waals surface area contributed by atoms with Crippen LogP contribution in [0, 0.1) is 0 Å². The molecule has 1 saturated heterocycles. The number of benzene rings is 1. The van der Waals surface area contributed by atoms with Crippen LogP contribution in [0.15, 0.2) is 52.8 Å². The number of ether oxygens (including phenoxy) is 1. The Balaban J connectivity index is 1.43. The molecule has 1 aromatic carbocycles. The third-order valence-corrected chi connectivity index (χ3v) is 5.30. The zero-order valence-electron chi connectivity index (χ0n) is 15.4. The largest absolute Gasteiger partial charge is 0.492 e. The van der Waals surface area contributed by atoms with Crippen LogP contribution in [-0.2, 0) is 0 Å². The molecule has 1 aromatic heterocycles. The lowest BCUT2D eigenvalue weighted by molar-refractivity contribution is 0.328. The van der Waals surface area contributed by atoms with Crippen LogP contribution in [0.2, 0.25) is 0 Å². The van der Waals surface area contributed by atoms with Crippen LogP contribution in [0.3, 0.4) is 0 Å². The predicted octanol–water partition coefficient (Wildman–Crippen LogP) is 3.35. The summed E-state index contributed by atoms with van der Waals surface area (Å²) < 4.78 is 5.71. The second-order valence-corrected chi connectivity index (χ2v) is 7.21. The minimum absolute atomic E-state index is 0.471. The molecule has 1 aliphatic heterocycles. The molecule has 2 aromatic rings. The van der Waals surface area contributed by atoms with Crippen molar-refractivity contribution < 1.29 is 4.74 Å². The molecule has 5 nitrogen and oxygen atoms in total. The van der Waals surface area contributed by atoms with E-state index in [0.29, 0.717) is 19.2 Å². The van der Waals surface area contributed by atoms with Crippen molar-refractivity contribution in [3.8, 4) is 5.75 Å². The normalized spacial score (nSPS) is 15.7. The summed E-state index contributed by atoms with van der Waals surface area (Å²) in [7, 11) is 0. The standard InChI is InChI=1S/C20H28N4OS/c1-2-21-20(22-12-15-25-18-7-4-3-5-8-18)23-17-10-13-24(14-11-17)19-9-6-16-26-19/h3-9,16-17H,2,10-15H2,1H3,(H2,21,22,23). The first-order valence-electron chi connectivity index (χ1n) is 9.36. The van der Waals surface area contributed by atoms with Gasteiger partial charge in [0.2, 0.25) is 0 Å². The molecule has 6 heteroatoms. The molecule has 0 spiro atoms. The van der Waals surface area contributed by atoms with E-state index in [9.17, 15) is 0 Å². The SMILES string of the molecule is CCNC(=NCCOc1ccccc1)NC1CCN(c2cccs2)CC1. The number of aliphatic imine (C=N–C) groups is 1. The number of nitrogens with one attached hydrogen (secondary N) is 2. The molecular weight excluding hydrogens is 344 g/mol. The van der Waals surface area contributed by atoms with E-state index in [2.05, 4.69) is 45.0 Å². The summed E-state index contributed by atoms with van der Waals surface area (Å²) in [4.78, 5) is 7.12. The van der Waals surface area contributed by atoms with E-state index in [1.54, 1.807) is 0 Å². The number of nitrogens with zero attached hydrogens (tertiary/aromatic N) is 2. The maximum absolute atomic E-state index is 5.71. The average molecular weight is 373 g/mol. The fraction of sp³-hybridized carbons (Fsp3) is 0.450. The Bertz CT molecular complexity index is 652. The van der Waals surface area contributed by atoms with Crippen molar-refractivity contribution in [2.24, 2.45) is 4.99 Å².